The predicted octanol–water partition coefficient (Wildman–Crippen LogP) is 5.58. The van der Waals surface area contributed by atoms with E-state index in [4.69, 9.17) is 16.6 Å². The van der Waals surface area contributed by atoms with Gasteiger partial charge in [-0.3, -0.25) is 14.2 Å². The van der Waals surface area contributed by atoms with Gasteiger partial charge in [0, 0.05) is 17.0 Å². The van der Waals surface area contributed by atoms with E-state index in [1.165, 1.54) is 31.0 Å². The maximum Gasteiger partial charge on any atom is 0.262 e. The standard InChI is InChI=1S/C24H29ClN2O2S/c1-14(2)12-27-22(29)19-4-3-18(25)8-20(19)26-23(27)30-13-21(28)24-9-15-5-16(10-24)7-17(6-15)11-24/h3-4,8,14-17H,5-7,9-13H2,1-2H3. The normalized spacial score (nSPS) is 29.8. The number of thioether (sulfide) groups is 1. The monoisotopic (exact) mass is 444 g/mol. The summed E-state index contributed by atoms with van der Waals surface area (Å²) < 4.78 is 1.75. The molecule has 4 bridgehead atoms. The fourth-order valence-corrected chi connectivity index (χ4v) is 7.75. The highest BCUT2D eigenvalue weighted by Gasteiger charge is 2.54. The van der Waals surface area contributed by atoms with Gasteiger partial charge >= 0.3 is 0 Å². The van der Waals surface area contributed by atoms with Crippen LogP contribution in [-0.4, -0.2) is 21.1 Å². The van der Waals surface area contributed by atoms with Crippen molar-refractivity contribution in [2.75, 3.05) is 5.75 Å². The van der Waals surface area contributed by atoms with Crippen LogP contribution in [0.1, 0.15) is 52.4 Å². The number of hydrogen-bond acceptors (Lipinski definition) is 4. The molecule has 1 aromatic carbocycles. The first-order valence-corrected chi connectivity index (χ1v) is 12.6. The van der Waals surface area contributed by atoms with Gasteiger partial charge in [-0.2, -0.15) is 0 Å². The molecule has 30 heavy (non-hydrogen) atoms. The number of aromatic nitrogens is 2. The van der Waals surface area contributed by atoms with E-state index in [0.29, 0.717) is 45.1 Å². The first-order valence-electron chi connectivity index (χ1n) is 11.2. The number of nitrogens with zero attached hydrogens (tertiary/aromatic N) is 2. The number of halogens is 1. The zero-order valence-electron chi connectivity index (χ0n) is 17.7. The summed E-state index contributed by atoms with van der Waals surface area (Å²) in [6, 6.07) is 5.22. The molecule has 0 radical (unpaired) electrons. The summed E-state index contributed by atoms with van der Waals surface area (Å²) in [5.41, 5.74) is 0.456. The summed E-state index contributed by atoms with van der Waals surface area (Å²) in [4.78, 5) is 31.4. The van der Waals surface area contributed by atoms with Gasteiger partial charge in [0.05, 0.1) is 16.7 Å². The number of carbonyl (C=O) groups excluding carboxylic acids is 1. The molecule has 6 rings (SSSR count). The SMILES string of the molecule is CC(C)Cn1c(SCC(=O)C23CC4CC(CC(C4)C2)C3)nc2cc(Cl)ccc2c1=O. The molecule has 0 N–H and O–H groups in total. The summed E-state index contributed by atoms with van der Waals surface area (Å²) in [6.45, 7) is 4.78. The highest BCUT2D eigenvalue weighted by Crippen LogP contribution is 2.60. The average Bonchev–Trinajstić information content (AvgIpc) is 2.67. The summed E-state index contributed by atoms with van der Waals surface area (Å²) >= 11 is 7.58. The van der Waals surface area contributed by atoms with Crippen molar-refractivity contribution < 1.29 is 4.79 Å². The van der Waals surface area contributed by atoms with E-state index in [9.17, 15) is 9.59 Å². The zero-order valence-corrected chi connectivity index (χ0v) is 19.3. The lowest BCUT2D eigenvalue weighted by molar-refractivity contribution is -0.141. The third kappa shape index (κ3) is 3.62. The molecule has 4 aliphatic carbocycles. The van der Waals surface area contributed by atoms with Crippen LogP contribution in [-0.2, 0) is 11.3 Å². The second-order valence-corrected chi connectivity index (χ2v) is 11.7. The van der Waals surface area contributed by atoms with E-state index in [1.54, 1.807) is 22.8 Å². The van der Waals surface area contributed by atoms with Crippen molar-refractivity contribution in [1.29, 1.82) is 0 Å². The third-order valence-electron chi connectivity index (χ3n) is 7.39. The van der Waals surface area contributed by atoms with Gasteiger partial charge in [0.15, 0.2) is 5.16 Å². The molecule has 1 heterocycles. The summed E-state index contributed by atoms with van der Waals surface area (Å²) in [5, 5.41) is 1.79. The Hall–Kier alpha value is -1.33. The van der Waals surface area contributed by atoms with Gasteiger partial charge in [-0.05, 0) is 80.4 Å². The van der Waals surface area contributed by atoms with Crippen LogP contribution in [0.4, 0.5) is 0 Å². The molecule has 1 aromatic heterocycles. The molecule has 2 aromatic rings. The molecule has 6 heteroatoms. The zero-order chi connectivity index (χ0) is 21.0. The minimum absolute atomic E-state index is 0.0462. The van der Waals surface area contributed by atoms with Crippen LogP contribution in [0.2, 0.25) is 5.02 Å². The smallest absolute Gasteiger partial charge is 0.262 e. The molecular formula is C24H29ClN2O2S. The lowest BCUT2D eigenvalue weighted by Gasteiger charge is -2.56. The Balaban J connectivity index is 1.43. The summed E-state index contributed by atoms with van der Waals surface area (Å²) in [7, 11) is 0. The Morgan fingerprint density at radius 2 is 1.83 bits per heavy atom. The van der Waals surface area contributed by atoms with Crippen LogP contribution in [0.3, 0.4) is 0 Å². The number of fused-ring (bicyclic) bond motifs is 1. The number of Topliss-reactive ketones (excluding diaryl/α,β-unsaturated/α-hetero) is 1. The molecular weight excluding hydrogens is 416 g/mol. The van der Waals surface area contributed by atoms with E-state index < -0.39 is 0 Å². The first kappa shape index (κ1) is 20.6. The second kappa shape index (κ2) is 7.67. The van der Waals surface area contributed by atoms with Crippen LogP contribution in [0.5, 0.6) is 0 Å². The van der Waals surface area contributed by atoms with E-state index in [0.717, 1.165) is 37.0 Å². The second-order valence-electron chi connectivity index (χ2n) is 10.3. The molecule has 4 fully saturated rings. The Morgan fingerprint density at radius 3 is 2.43 bits per heavy atom. The van der Waals surface area contributed by atoms with Crippen molar-refractivity contribution in [1.82, 2.24) is 9.55 Å². The summed E-state index contributed by atoms with van der Waals surface area (Å²) in [6.07, 6.45) is 7.25. The van der Waals surface area contributed by atoms with Gasteiger partial charge in [-0.1, -0.05) is 37.2 Å². The topological polar surface area (TPSA) is 52.0 Å². The molecule has 0 saturated heterocycles. The molecule has 0 amide bonds. The van der Waals surface area contributed by atoms with Crippen molar-refractivity contribution in [3.05, 3.63) is 33.6 Å². The highest BCUT2D eigenvalue weighted by molar-refractivity contribution is 7.99. The molecule has 4 aliphatic rings. The average molecular weight is 445 g/mol. The van der Waals surface area contributed by atoms with Crippen molar-refractivity contribution in [2.45, 2.75) is 64.1 Å². The van der Waals surface area contributed by atoms with Gasteiger partial charge in [0.2, 0.25) is 0 Å². The van der Waals surface area contributed by atoms with Gasteiger partial charge in [-0.25, -0.2) is 4.98 Å². The van der Waals surface area contributed by atoms with Crippen molar-refractivity contribution >= 4 is 40.0 Å². The van der Waals surface area contributed by atoms with Gasteiger partial charge in [0.25, 0.3) is 5.56 Å². The quantitative estimate of drug-likeness (QED) is 0.430. The van der Waals surface area contributed by atoms with E-state index in [1.807, 2.05) is 0 Å². The number of benzene rings is 1. The lowest BCUT2D eigenvalue weighted by Crippen LogP contribution is -2.50. The minimum atomic E-state index is -0.106. The Kier molecular flexibility index (Phi) is 5.26. The van der Waals surface area contributed by atoms with Crippen LogP contribution < -0.4 is 5.56 Å². The molecule has 0 atom stereocenters. The fraction of sp³-hybridized carbons (Fsp3) is 0.625. The summed E-state index contributed by atoms with van der Waals surface area (Å²) in [5.74, 6) is 3.36. The number of carbonyl (C=O) groups is 1. The number of rotatable bonds is 6. The van der Waals surface area contributed by atoms with Crippen LogP contribution >= 0.6 is 23.4 Å². The third-order valence-corrected chi connectivity index (χ3v) is 8.60. The van der Waals surface area contributed by atoms with Crippen LogP contribution in [0.15, 0.2) is 28.2 Å². The van der Waals surface area contributed by atoms with Gasteiger partial charge < -0.3 is 0 Å². The molecule has 160 valence electrons. The Labute approximate surface area is 186 Å². The number of ketones is 1. The minimum Gasteiger partial charge on any atom is -0.298 e. The molecule has 4 nitrogen and oxygen atoms in total. The lowest BCUT2D eigenvalue weighted by atomic mass is 9.48. The largest absolute Gasteiger partial charge is 0.298 e. The predicted molar refractivity (Wildman–Crippen MR) is 122 cm³/mol. The molecule has 4 saturated carbocycles. The Morgan fingerprint density at radius 1 is 1.20 bits per heavy atom. The van der Waals surface area contributed by atoms with E-state index in [-0.39, 0.29) is 11.0 Å². The Bertz CT molecular complexity index is 1030. The fourth-order valence-electron chi connectivity index (χ4n) is 6.55. The van der Waals surface area contributed by atoms with Crippen LogP contribution in [0, 0.1) is 29.1 Å². The highest BCUT2D eigenvalue weighted by atomic mass is 35.5. The molecule has 0 unspecified atom stereocenters. The van der Waals surface area contributed by atoms with E-state index >= 15 is 0 Å². The van der Waals surface area contributed by atoms with Crippen LogP contribution in [0.25, 0.3) is 10.9 Å². The molecule has 0 spiro atoms. The first-order chi connectivity index (χ1) is 14.3. The van der Waals surface area contributed by atoms with Crippen molar-refractivity contribution in [3.63, 3.8) is 0 Å². The van der Waals surface area contributed by atoms with Gasteiger partial charge in [0.1, 0.15) is 5.78 Å². The van der Waals surface area contributed by atoms with Crippen molar-refractivity contribution in [3.8, 4) is 0 Å². The molecule has 0 aliphatic heterocycles. The van der Waals surface area contributed by atoms with Crippen molar-refractivity contribution in [2.24, 2.45) is 29.1 Å². The number of hydrogen-bond donors (Lipinski definition) is 0. The van der Waals surface area contributed by atoms with E-state index in [2.05, 4.69) is 13.8 Å². The van der Waals surface area contributed by atoms with Gasteiger partial charge in [-0.15, -0.1) is 0 Å². The maximum absolute atomic E-state index is 13.4. The maximum atomic E-state index is 13.4.